The second-order valence-electron chi connectivity index (χ2n) is 6.14. The number of carboxylic acids is 1. The number of ether oxygens (including phenoxy) is 1. The van der Waals surface area contributed by atoms with Gasteiger partial charge in [-0.05, 0) is 43.2 Å². The van der Waals surface area contributed by atoms with Crippen molar-refractivity contribution in [1.82, 2.24) is 0 Å². The zero-order chi connectivity index (χ0) is 18.4. The van der Waals surface area contributed by atoms with Gasteiger partial charge in [0.1, 0.15) is 5.75 Å². The number of carbonyl (C=O) groups excluding carboxylic acids is 1. The molecule has 0 aliphatic heterocycles. The maximum atomic E-state index is 12.5. The van der Waals surface area contributed by atoms with E-state index in [0.29, 0.717) is 17.9 Å². The third-order valence-electron chi connectivity index (χ3n) is 4.27. The number of hydrogen-bond donors (Lipinski definition) is 2. The van der Waals surface area contributed by atoms with Crippen molar-refractivity contribution in [3.63, 3.8) is 0 Å². The summed E-state index contributed by atoms with van der Waals surface area (Å²) in [5.41, 5.74) is 2.63. The van der Waals surface area contributed by atoms with Crippen molar-refractivity contribution in [3.05, 3.63) is 59.7 Å². The van der Waals surface area contributed by atoms with Gasteiger partial charge < -0.3 is 15.2 Å². The number of benzene rings is 2. The van der Waals surface area contributed by atoms with Gasteiger partial charge in [-0.1, -0.05) is 36.8 Å². The summed E-state index contributed by atoms with van der Waals surface area (Å²) in [5.74, 6) is -2.06. The van der Waals surface area contributed by atoms with Gasteiger partial charge in [0.05, 0.1) is 13.0 Å². The molecule has 2 atom stereocenters. The van der Waals surface area contributed by atoms with Crippen LogP contribution in [-0.4, -0.2) is 24.1 Å². The predicted octanol–water partition coefficient (Wildman–Crippen LogP) is 3.52. The molecule has 2 aromatic rings. The van der Waals surface area contributed by atoms with Gasteiger partial charge in [-0.15, -0.1) is 0 Å². The van der Waals surface area contributed by atoms with Crippen LogP contribution in [0, 0.1) is 18.8 Å². The smallest absolute Gasteiger partial charge is 0.307 e. The molecule has 2 N–H and O–H groups in total. The number of rotatable bonds is 7. The zero-order valence-corrected chi connectivity index (χ0v) is 14.7. The Balaban J connectivity index is 2.07. The first-order chi connectivity index (χ1) is 11.9. The van der Waals surface area contributed by atoms with Gasteiger partial charge in [0.15, 0.2) is 0 Å². The number of amides is 1. The standard InChI is InChI=1S/C20H23NO4/c1-13-4-6-15(7-5-13)12-18(20(23)24)14(2)19(22)21-16-8-10-17(25-3)11-9-16/h4-11,14,18H,12H2,1-3H3,(H,21,22)(H,23,24). The highest BCUT2D eigenvalue weighted by Gasteiger charge is 2.30. The molecule has 2 aromatic carbocycles. The van der Waals surface area contributed by atoms with E-state index in [9.17, 15) is 14.7 Å². The minimum absolute atomic E-state index is 0.312. The maximum absolute atomic E-state index is 12.5. The number of aryl methyl sites for hydroxylation is 1. The third-order valence-corrected chi connectivity index (χ3v) is 4.27. The quantitative estimate of drug-likeness (QED) is 0.808. The van der Waals surface area contributed by atoms with Crippen molar-refractivity contribution < 1.29 is 19.4 Å². The summed E-state index contributed by atoms with van der Waals surface area (Å²) in [7, 11) is 1.57. The first-order valence-electron chi connectivity index (χ1n) is 8.14. The van der Waals surface area contributed by atoms with E-state index < -0.39 is 17.8 Å². The molecule has 1 amide bonds. The van der Waals surface area contributed by atoms with Crippen molar-refractivity contribution in [3.8, 4) is 5.75 Å². The largest absolute Gasteiger partial charge is 0.497 e. The van der Waals surface area contributed by atoms with Crippen molar-refractivity contribution in [2.24, 2.45) is 11.8 Å². The topological polar surface area (TPSA) is 75.6 Å². The van der Waals surface area contributed by atoms with Gasteiger partial charge in [-0.25, -0.2) is 0 Å². The summed E-state index contributed by atoms with van der Waals surface area (Å²) in [6, 6.07) is 14.6. The molecular formula is C20H23NO4. The van der Waals surface area contributed by atoms with Crippen molar-refractivity contribution in [1.29, 1.82) is 0 Å². The number of nitrogens with one attached hydrogen (secondary N) is 1. The van der Waals surface area contributed by atoms with E-state index >= 15 is 0 Å². The molecule has 5 nitrogen and oxygen atoms in total. The Morgan fingerprint density at radius 3 is 2.20 bits per heavy atom. The highest BCUT2D eigenvalue weighted by atomic mass is 16.5. The molecule has 2 rings (SSSR count). The first-order valence-corrected chi connectivity index (χ1v) is 8.14. The number of carboxylic acid groups (broad SMARTS) is 1. The Bertz CT molecular complexity index is 722. The summed E-state index contributed by atoms with van der Waals surface area (Å²) < 4.78 is 5.08. The average molecular weight is 341 g/mol. The third kappa shape index (κ3) is 5.08. The Hall–Kier alpha value is -2.82. The lowest BCUT2D eigenvalue weighted by Gasteiger charge is -2.20. The Labute approximate surface area is 147 Å². The molecule has 0 saturated carbocycles. The molecule has 0 aliphatic rings. The van der Waals surface area contributed by atoms with Crippen LogP contribution in [0.4, 0.5) is 5.69 Å². The predicted molar refractivity (Wildman–Crippen MR) is 96.8 cm³/mol. The van der Waals surface area contributed by atoms with E-state index in [4.69, 9.17) is 4.74 Å². The van der Waals surface area contributed by atoms with Crippen LogP contribution in [0.15, 0.2) is 48.5 Å². The Kier molecular flexibility index (Phi) is 6.17. The van der Waals surface area contributed by atoms with Gasteiger partial charge in [-0.2, -0.15) is 0 Å². The van der Waals surface area contributed by atoms with Crippen LogP contribution < -0.4 is 10.1 Å². The monoisotopic (exact) mass is 341 g/mol. The van der Waals surface area contributed by atoms with E-state index in [1.807, 2.05) is 31.2 Å². The Morgan fingerprint density at radius 1 is 1.08 bits per heavy atom. The second kappa shape index (κ2) is 8.33. The molecule has 0 bridgehead atoms. The number of hydrogen-bond acceptors (Lipinski definition) is 3. The maximum Gasteiger partial charge on any atom is 0.307 e. The van der Waals surface area contributed by atoms with Gasteiger partial charge in [0.2, 0.25) is 5.91 Å². The minimum Gasteiger partial charge on any atom is -0.497 e. The summed E-state index contributed by atoms with van der Waals surface area (Å²) in [4.78, 5) is 24.1. The summed E-state index contributed by atoms with van der Waals surface area (Å²) >= 11 is 0. The van der Waals surface area contributed by atoms with Crippen LogP contribution in [-0.2, 0) is 16.0 Å². The fraction of sp³-hybridized carbons (Fsp3) is 0.300. The highest BCUT2D eigenvalue weighted by Crippen LogP contribution is 2.22. The van der Waals surface area contributed by atoms with E-state index in [1.165, 1.54) is 0 Å². The van der Waals surface area contributed by atoms with Crippen molar-refractivity contribution in [2.45, 2.75) is 20.3 Å². The normalized spacial score (nSPS) is 12.9. The van der Waals surface area contributed by atoms with Gasteiger partial charge in [0.25, 0.3) is 0 Å². The van der Waals surface area contributed by atoms with Gasteiger partial charge >= 0.3 is 5.97 Å². The SMILES string of the molecule is COc1ccc(NC(=O)C(C)C(Cc2ccc(C)cc2)C(=O)O)cc1. The number of aliphatic carboxylic acids is 1. The fourth-order valence-corrected chi connectivity index (χ4v) is 2.57. The van der Waals surface area contributed by atoms with E-state index in [-0.39, 0.29) is 5.91 Å². The number of methoxy groups -OCH3 is 1. The van der Waals surface area contributed by atoms with Crippen molar-refractivity contribution in [2.75, 3.05) is 12.4 Å². The fourth-order valence-electron chi connectivity index (χ4n) is 2.57. The van der Waals surface area contributed by atoms with Crippen molar-refractivity contribution >= 4 is 17.6 Å². The van der Waals surface area contributed by atoms with E-state index in [1.54, 1.807) is 38.3 Å². The molecule has 0 fully saturated rings. The van der Waals surface area contributed by atoms with Crippen LogP contribution in [0.2, 0.25) is 0 Å². The molecule has 0 heterocycles. The lowest BCUT2D eigenvalue weighted by molar-refractivity contribution is -0.145. The van der Waals surface area contributed by atoms with E-state index in [0.717, 1.165) is 11.1 Å². The van der Waals surface area contributed by atoms with E-state index in [2.05, 4.69) is 5.32 Å². The van der Waals surface area contributed by atoms with Crippen LogP contribution in [0.1, 0.15) is 18.1 Å². The van der Waals surface area contributed by atoms with Crippen LogP contribution in [0.3, 0.4) is 0 Å². The zero-order valence-electron chi connectivity index (χ0n) is 14.7. The number of anilines is 1. The molecule has 132 valence electrons. The summed E-state index contributed by atoms with van der Waals surface area (Å²) in [5, 5.41) is 12.3. The minimum atomic E-state index is -0.974. The molecule has 0 aliphatic carbocycles. The molecular weight excluding hydrogens is 318 g/mol. The van der Waals surface area contributed by atoms with Gasteiger partial charge in [-0.3, -0.25) is 9.59 Å². The second-order valence-corrected chi connectivity index (χ2v) is 6.14. The summed E-state index contributed by atoms with van der Waals surface area (Å²) in [6.45, 7) is 3.62. The summed E-state index contributed by atoms with van der Waals surface area (Å²) in [6.07, 6.45) is 0.312. The molecule has 5 heteroatoms. The first kappa shape index (κ1) is 18.5. The van der Waals surface area contributed by atoms with Crippen LogP contribution in [0.5, 0.6) is 5.75 Å². The molecule has 25 heavy (non-hydrogen) atoms. The molecule has 0 radical (unpaired) electrons. The molecule has 0 saturated heterocycles. The molecule has 2 unspecified atom stereocenters. The van der Waals surface area contributed by atoms with Crippen LogP contribution >= 0.6 is 0 Å². The lowest BCUT2D eigenvalue weighted by Crippen LogP contribution is -2.33. The number of carbonyl (C=O) groups is 2. The lowest BCUT2D eigenvalue weighted by atomic mass is 9.87. The average Bonchev–Trinajstić information content (AvgIpc) is 2.61. The molecule has 0 spiro atoms. The van der Waals surface area contributed by atoms with Crippen LogP contribution in [0.25, 0.3) is 0 Å². The Morgan fingerprint density at radius 2 is 1.68 bits per heavy atom. The van der Waals surface area contributed by atoms with Gasteiger partial charge in [0, 0.05) is 11.6 Å². The highest BCUT2D eigenvalue weighted by molar-refractivity contribution is 5.94. The molecule has 0 aromatic heterocycles.